The van der Waals surface area contributed by atoms with Gasteiger partial charge in [0.2, 0.25) is 0 Å². The van der Waals surface area contributed by atoms with Crippen molar-refractivity contribution in [2.24, 2.45) is 0 Å². The monoisotopic (exact) mass is 302 g/mol. The SMILES string of the molecule is CCCCCCCCCCCCCOC=Cc1ccccc1. The van der Waals surface area contributed by atoms with Crippen molar-refractivity contribution in [3.63, 3.8) is 0 Å². The van der Waals surface area contributed by atoms with Gasteiger partial charge in [0.1, 0.15) is 0 Å². The number of unbranched alkanes of at least 4 members (excludes halogenated alkanes) is 10. The first-order valence-electron chi connectivity index (χ1n) is 9.26. The fraction of sp³-hybridized carbons (Fsp3) is 0.619. The Kier molecular flexibility index (Phi) is 12.6. The van der Waals surface area contributed by atoms with Crippen LogP contribution in [-0.2, 0) is 4.74 Å². The number of hydrogen-bond donors (Lipinski definition) is 0. The van der Waals surface area contributed by atoms with Gasteiger partial charge in [0, 0.05) is 0 Å². The van der Waals surface area contributed by atoms with Gasteiger partial charge in [-0.3, -0.25) is 0 Å². The van der Waals surface area contributed by atoms with Crippen molar-refractivity contribution in [1.29, 1.82) is 0 Å². The van der Waals surface area contributed by atoms with E-state index in [1.165, 1.54) is 76.2 Å². The molecule has 1 aromatic rings. The maximum absolute atomic E-state index is 5.54. The van der Waals surface area contributed by atoms with Crippen LogP contribution in [-0.4, -0.2) is 6.61 Å². The summed E-state index contributed by atoms with van der Waals surface area (Å²) in [5, 5.41) is 0. The minimum atomic E-state index is 0.848. The highest BCUT2D eigenvalue weighted by Gasteiger charge is 1.93. The molecule has 0 amide bonds. The molecule has 0 fully saturated rings. The molecular weight excluding hydrogens is 268 g/mol. The second kappa shape index (κ2) is 14.7. The molecular formula is C21H34O. The third-order valence-corrected chi connectivity index (χ3v) is 4.02. The summed E-state index contributed by atoms with van der Waals surface area (Å²) >= 11 is 0. The Morgan fingerprint density at radius 1 is 0.727 bits per heavy atom. The van der Waals surface area contributed by atoms with Gasteiger partial charge < -0.3 is 4.74 Å². The molecule has 0 aliphatic rings. The second-order valence-electron chi connectivity index (χ2n) is 6.12. The average Bonchev–Trinajstić information content (AvgIpc) is 2.56. The van der Waals surface area contributed by atoms with Gasteiger partial charge in [-0.2, -0.15) is 0 Å². The molecule has 0 saturated carbocycles. The summed E-state index contributed by atoms with van der Waals surface area (Å²) < 4.78 is 5.54. The standard InChI is InChI=1S/C21H34O/c1-2-3-4-5-6-7-8-9-10-11-15-19-22-20-18-21-16-13-12-14-17-21/h12-14,16-18,20H,2-11,15,19H2,1H3. The maximum Gasteiger partial charge on any atom is 0.0873 e. The van der Waals surface area contributed by atoms with E-state index in [4.69, 9.17) is 4.74 Å². The van der Waals surface area contributed by atoms with E-state index >= 15 is 0 Å². The first kappa shape index (κ1) is 18.8. The van der Waals surface area contributed by atoms with E-state index in [1.807, 2.05) is 30.5 Å². The van der Waals surface area contributed by atoms with Crippen LogP contribution >= 0.6 is 0 Å². The minimum Gasteiger partial charge on any atom is -0.501 e. The molecule has 0 heterocycles. The highest BCUT2D eigenvalue weighted by Crippen LogP contribution is 2.11. The summed E-state index contributed by atoms with van der Waals surface area (Å²) in [5.74, 6) is 0. The molecule has 0 aliphatic heterocycles. The Labute approximate surface area is 137 Å². The van der Waals surface area contributed by atoms with Gasteiger partial charge in [-0.1, -0.05) is 101 Å². The van der Waals surface area contributed by atoms with Crippen LogP contribution in [0.15, 0.2) is 36.6 Å². The molecule has 0 spiro atoms. The second-order valence-corrected chi connectivity index (χ2v) is 6.12. The van der Waals surface area contributed by atoms with Crippen molar-refractivity contribution in [3.8, 4) is 0 Å². The lowest BCUT2D eigenvalue weighted by molar-refractivity contribution is 0.243. The lowest BCUT2D eigenvalue weighted by Gasteiger charge is -2.03. The van der Waals surface area contributed by atoms with Crippen LogP contribution in [0.5, 0.6) is 0 Å². The van der Waals surface area contributed by atoms with Crippen LogP contribution in [0.4, 0.5) is 0 Å². The van der Waals surface area contributed by atoms with Crippen LogP contribution in [0.3, 0.4) is 0 Å². The lowest BCUT2D eigenvalue weighted by Crippen LogP contribution is -1.88. The van der Waals surface area contributed by atoms with Crippen LogP contribution < -0.4 is 0 Å². The Bertz CT molecular complexity index is 355. The molecule has 1 rings (SSSR count). The maximum atomic E-state index is 5.54. The molecule has 1 aromatic carbocycles. The van der Waals surface area contributed by atoms with Crippen molar-refractivity contribution in [1.82, 2.24) is 0 Å². The van der Waals surface area contributed by atoms with E-state index in [-0.39, 0.29) is 0 Å². The van der Waals surface area contributed by atoms with Crippen LogP contribution in [0.1, 0.15) is 83.1 Å². The van der Waals surface area contributed by atoms with E-state index in [2.05, 4.69) is 19.1 Å². The van der Waals surface area contributed by atoms with Crippen LogP contribution in [0, 0.1) is 0 Å². The van der Waals surface area contributed by atoms with E-state index < -0.39 is 0 Å². The molecule has 0 radical (unpaired) electrons. The summed E-state index contributed by atoms with van der Waals surface area (Å²) in [6.07, 6.45) is 19.0. The van der Waals surface area contributed by atoms with Gasteiger partial charge in [-0.15, -0.1) is 0 Å². The third-order valence-electron chi connectivity index (χ3n) is 4.02. The smallest absolute Gasteiger partial charge is 0.0873 e. The predicted octanol–water partition coefficient (Wildman–Crippen LogP) is 6.98. The molecule has 0 aromatic heterocycles. The normalized spacial score (nSPS) is 11.1. The third kappa shape index (κ3) is 11.4. The topological polar surface area (TPSA) is 9.23 Å². The summed E-state index contributed by atoms with van der Waals surface area (Å²) in [6, 6.07) is 10.3. The van der Waals surface area contributed by atoms with Crippen molar-refractivity contribution in [2.45, 2.75) is 77.6 Å². The average molecular weight is 303 g/mol. The Morgan fingerprint density at radius 2 is 1.27 bits per heavy atom. The highest BCUT2D eigenvalue weighted by atomic mass is 16.5. The highest BCUT2D eigenvalue weighted by molar-refractivity contribution is 5.47. The number of benzene rings is 1. The van der Waals surface area contributed by atoms with Crippen molar-refractivity contribution in [2.75, 3.05) is 6.61 Å². The molecule has 1 nitrogen and oxygen atoms in total. The fourth-order valence-corrected chi connectivity index (χ4v) is 2.61. The fourth-order valence-electron chi connectivity index (χ4n) is 2.61. The Balaban J connectivity index is 1.79. The Hall–Kier alpha value is -1.24. The largest absolute Gasteiger partial charge is 0.501 e. The molecule has 0 aliphatic carbocycles. The van der Waals surface area contributed by atoms with Gasteiger partial charge in [0.15, 0.2) is 0 Å². The molecule has 124 valence electrons. The first-order chi connectivity index (χ1) is 10.9. The summed E-state index contributed by atoms with van der Waals surface area (Å²) in [7, 11) is 0. The lowest BCUT2D eigenvalue weighted by atomic mass is 10.1. The minimum absolute atomic E-state index is 0.848. The molecule has 0 saturated heterocycles. The first-order valence-corrected chi connectivity index (χ1v) is 9.26. The van der Waals surface area contributed by atoms with Gasteiger partial charge >= 0.3 is 0 Å². The summed E-state index contributed by atoms with van der Waals surface area (Å²) in [5.41, 5.74) is 1.20. The summed E-state index contributed by atoms with van der Waals surface area (Å²) in [4.78, 5) is 0. The quantitative estimate of drug-likeness (QED) is 0.266. The van der Waals surface area contributed by atoms with E-state index in [0.29, 0.717) is 0 Å². The predicted molar refractivity (Wildman–Crippen MR) is 97.9 cm³/mol. The summed E-state index contributed by atoms with van der Waals surface area (Å²) in [6.45, 7) is 3.13. The van der Waals surface area contributed by atoms with E-state index in [1.54, 1.807) is 0 Å². The zero-order valence-electron chi connectivity index (χ0n) is 14.4. The van der Waals surface area contributed by atoms with Gasteiger partial charge in [-0.25, -0.2) is 0 Å². The van der Waals surface area contributed by atoms with Crippen LogP contribution in [0.2, 0.25) is 0 Å². The van der Waals surface area contributed by atoms with Gasteiger partial charge in [0.25, 0.3) is 0 Å². The molecule has 22 heavy (non-hydrogen) atoms. The zero-order chi connectivity index (χ0) is 15.7. The van der Waals surface area contributed by atoms with Crippen molar-refractivity contribution >= 4 is 6.08 Å². The number of hydrogen-bond acceptors (Lipinski definition) is 1. The van der Waals surface area contributed by atoms with E-state index in [0.717, 1.165) is 6.61 Å². The molecule has 1 heteroatoms. The van der Waals surface area contributed by atoms with Crippen molar-refractivity contribution in [3.05, 3.63) is 42.2 Å². The van der Waals surface area contributed by atoms with Crippen LogP contribution in [0.25, 0.3) is 6.08 Å². The zero-order valence-corrected chi connectivity index (χ0v) is 14.4. The van der Waals surface area contributed by atoms with Gasteiger partial charge in [0.05, 0.1) is 12.9 Å². The molecule has 0 N–H and O–H groups in total. The molecule has 0 unspecified atom stereocenters. The number of rotatable bonds is 14. The molecule has 0 atom stereocenters. The Morgan fingerprint density at radius 3 is 1.86 bits per heavy atom. The number of ether oxygens (including phenoxy) is 1. The van der Waals surface area contributed by atoms with E-state index in [9.17, 15) is 0 Å². The van der Waals surface area contributed by atoms with Crippen molar-refractivity contribution < 1.29 is 4.74 Å². The van der Waals surface area contributed by atoms with Gasteiger partial charge in [-0.05, 0) is 18.1 Å². The molecule has 0 bridgehead atoms.